The molecule has 3 aliphatic rings. The van der Waals surface area contributed by atoms with E-state index in [0.29, 0.717) is 22.5 Å². The first-order valence-electron chi connectivity index (χ1n) is 11.7. The van der Waals surface area contributed by atoms with Crippen LogP contribution in [0.2, 0.25) is 0 Å². The van der Waals surface area contributed by atoms with Crippen LogP contribution < -0.4 is 5.32 Å². The number of benzene rings is 1. The standard InChI is InChI=1S/C26H23F2N5O2/c27-16-8-17-18(12-30-24(17)19(28)9-16)25-31-20(15-2-1-7-29-11-15)10-21(33-25)32-23-14-5-3-13(4-6-14)22(23)26(34)35/h1-2,7-14,22-23,30H,3-6H2,(H,34,35)(H,31,32,33)/t13?,14?,22-,23-/m0/s1. The number of carboxylic acid groups (broad SMARTS) is 1. The molecule has 4 aromatic rings. The molecule has 0 radical (unpaired) electrons. The Hall–Kier alpha value is -3.88. The Labute approximate surface area is 199 Å². The molecule has 3 heterocycles. The lowest BCUT2D eigenvalue weighted by Crippen LogP contribution is -2.51. The quantitative estimate of drug-likeness (QED) is 0.364. The zero-order valence-electron chi connectivity index (χ0n) is 18.7. The maximum Gasteiger partial charge on any atom is 0.308 e. The van der Waals surface area contributed by atoms with Crippen molar-refractivity contribution in [1.29, 1.82) is 0 Å². The minimum Gasteiger partial charge on any atom is -0.481 e. The second kappa shape index (κ2) is 8.41. The second-order valence-electron chi connectivity index (χ2n) is 9.43. The monoisotopic (exact) mass is 475 g/mol. The number of fused-ring (bicyclic) bond motifs is 4. The SMILES string of the molecule is O=C(O)[C@H]1C2CCC(CC2)[C@@H]1Nc1cc(-c2cccnc2)nc(-c2c[nH]c3c(F)cc(F)cc23)n1. The van der Waals surface area contributed by atoms with Crippen LogP contribution >= 0.6 is 0 Å². The predicted molar refractivity (Wildman–Crippen MR) is 126 cm³/mol. The fourth-order valence-corrected chi connectivity index (χ4v) is 5.83. The highest BCUT2D eigenvalue weighted by Gasteiger charge is 2.47. The number of hydrogen-bond acceptors (Lipinski definition) is 5. The van der Waals surface area contributed by atoms with Gasteiger partial charge in [0, 0.05) is 53.3 Å². The molecule has 0 spiro atoms. The second-order valence-corrected chi connectivity index (χ2v) is 9.43. The van der Waals surface area contributed by atoms with Crippen molar-refractivity contribution in [3.63, 3.8) is 0 Å². The number of nitrogens with zero attached hydrogens (tertiary/aromatic N) is 3. The molecule has 0 aliphatic heterocycles. The van der Waals surface area contributed by atoms with Crippen LogP contribution in [-0.4, -0.2) is 37.1 Å². The molecule has 7 nitrogen and oxygen atoms in total. The molecule has 2 atom stereocenters. The highest BCUT2D eigenvalue weighted by molar-refractivity contribution is 5.94. The van der Waals surface area contributed by atoms with Crippen molar-refractivity contribution in [3.8, 4) is 22.6 Å². The summed E-state index contributed by atoms with van der Waals surface area (Å²) in [6, 6.07) is 7.26. The van der Waals surface area contributed by atoms with E-state index in [1.807, 2.05) is 6.07 Å². The number of hydrogen-bond donors (Lipinski definition) is 3. The Kier molecular flexibility index (Phi) is 5.20. The lowest BCUT2D eigenvalue weighted by Gasteiger charge is -2.47. The van der Waals surface area contributed by atoms with Gasteiger partial charge in [0.15, 0.2) is 5.82 Å². The smallest absolute Gasteiger partial charge is 0.308 e. The topological polar surface area (TPSA) is 104 Å². The van der Waals surface area contributed by atoms with Gasteiger partial charge in [0.2, 0.25) is 0 Å². The van der Waals surface area contributed by atoms with Crippen LogP contribution in [0.4, 0.5) is 14.6 Å². The van der Waals surface area contributed by atoms with E-state index in [1.165, 1.54) is 6.07 Å². The lowest BCUT2D eigenvalue weighted by molar-refractivity contribution is -0.148. The highest BCUT2D eigenvalue weighted by Crippen LogP contribution is 2.46. The van der Waals surface area contributed by atoms with Gasteiger partial charge < -0.3 is 15.4 Å². The van der Waals surface area contributed by atoms with Gasteiger partial charge in [0.1, 0.15) is 17.5 Å². The van der Waals surface area contributed by atoms with Crippen molar-refractivity contribution in [2.75, 3.05) is 5.32 Å². The number of rotatable bonds is 5. The van der Waals surface area contributed by atoms with E-state index < -0.39 is 23.5 Å². The van der Waals surface area contributed by atoms with Gasteiger partial charge in [-0.2, -0.15) is 0 Å². The van der Waals surface area contributed by atoms with E-state index in [9.17, 15) is 18.7 Å². The Morgan fingerprint density at radius 2 is 1.89 bits per heavy atom. The van der Waals surface area contributed by atoms with Gasteiger partial charge in [0.05, 0.1) is 17.1 Å². The van der Waals surface area contributed by atoms with Crippen molar-refractivity contribution in [3.05, 3.63) is 60.6 Å². The number of nitrogens with one attached hydrogen (secondary N) is 2. The van der Waals surface area contributed by atoms with E-state index >= 15 is 0 Å². The maximum atomic E-state index is 14.3. The van der Waals surface area contributed by atoms with Gasteiger partial charge in [-0.15, -0.1) is 0 Å². The van der Waals surface area contributed by atoms with Crippen LogP contribution in [0.1, 0.15) is 25.7 Å². The van der Waals surface area contributed by atoms with Crippen LogP contribution in [0.15, 0.2) is 48.9 Å². The number of aromatic nitrogens is 4. The van der Waals surface area contributed by atoms with Gasteiger partial charge >= 0.3 is 5.97 Å². The first-order valence-corrected chi connectivity index (χ1v) is 11.7. The first kappa shape index (κ1) is 21.6. The van der Waals surface area contributed by atoms with Gasteiger partial charge in [-0.25, -0.2) is 18.7 Å². The summed E-state index contributed by atoms with van der Waals surface area (Å²) in [5.41, 5.74) is 1.94. The molecular formula is C26H23F2N5O2. The normalized spacial score (nSPS) is 23.5. The van der Waals surface area contributed by atoms with Gasteiger partial charge in [-0.3, -0.25) is 9.78 Å². The van der Waals surface area contributed by atoms with Crippen LogP contribution in [0.3, 0.4) is 0 Å². The number of halogens is 2. The van der Waals surface area contributed by atoms with Crippen LogP contribution in [0.25, 0.3) is 33.5 Å². The van der Waals surface area contributed by atoms with Crippen LogP contribution in [0.5, 0.6) is 0 Å². The first-order chi connectivity index (χ1) is 17.0. The van der Waals surface area contributed by atoms with Gasteiger partial charge in [0.25, 0.3) is 0 Å². The maximum absolute atomic E-state index is 14.3. The molecule has 0 saturated heterocycles. The highest BCUT2D eigenvalue weighted by atomic mass is 19.1. The molecule has 0 unspecified atom stereocenters. The summed E-state index contributed by atoms with van der Waals surface area (Å²) in [5.74, 6) is -1.52. The van der Waals surface area contributed by atoms with Crippen molar-refractivity contribution < 1.29 is 18.7 Å². The van der Waals surface area contributed by atoms with Gasteiger partial charge in [-0.05, 0) is 55.7 Å². The largest absolute Gasteiger partial charge is 0.481 e. The fraction of sp³-hybridized carbons (Fsp3) is 0.308. The number of H-pyrrole nitrogens is 1. The van der Waals surface area contributed by atoms with Crippen molar-refractivity contribution in [2.45, 2.75) is 31.7 Å². The van der Waals surface area contributed by atoms with Gasteiger partial charge in [-0.1, -0.05) is 0 Å². The molecule has 3 aromatic heterocycles. The van der Waals surface area contributed by atoms with E-state index in [4.69, 9.17) is 0 Å². The third-order valence-electron chi connectivity index (χ3n) is 7.45. The third-order valence-corrected chi connectivity index (χ3v) is 7.45. The molecule has 3 aliphatic carbocycles. The third kappa shape index (κ3) is 3.80. The Balaban J connectivity index is 1.47. The molecule has 3 N–H and O–H groups in total. The van der Waals surface area contributed by atoms with Crippen molar-refractivity contribution in [1.82, 2.24) is 19.9 Å². The van der Waals surface area contributed by atoms with Crippen molar-refractivity contribution in [2.24, 2.45) is 17.8 Å². The lowest BCUT2D eigenvalue weighted by atomic mass is 9.61. The Morgan fingerprint density at radius 1 is 1.09 bits per heavy atom. The summed E-state index contributed by atoms with van der Waals surface area (Å²) >= 11 is 0. The molecule has 0 amide bonds. The molecular weight excluding hydrogens is 452 g/mol. The molecule has 3 saturated carbocycles. The molecule has 178 valence electrons. The molecule has 9 heteroatoms. The van der Waals surface area contributed by atoms with E-state index in [2.05, 4.69) is 25.3 Å². The summed E-state index contributed by atoms with van der Waals surface area (Å²) in [5, 5.41) is 13.7. The summed E-state index contributed by atoms with van der Waals surface area (Å²) < 4.78 is 28.4. The molecule has 3 fully saturated rings. The number of carboxylic acids is 1. The average Bonchev–Trinajstić information content (AvgIpc) is 3.29. The minimum atomic E-state index is -0.791. The van der Waals surface area contributed by atoms with Crippen LogP contribution in [0, 0.1) is 29.4 Å². The number of pyridine rings is 1. The summed E-state index contributed by atoms with van der Waals surface area (Å²) in [6.07, 6.45) is 8.73. The number of anilines is 1. The molecule has 2 bridgehead atoms. The summed E-state index contributed by atoms with van der Waals surface area (Å²) in [7, 11) is 0. The van der Waals surface area contributed by atoms with E-state index in [1.54, 1.807) is 30.7 Å². The van der Waals surface area contributed by atoms with E-state index in [-0.39, 0.29) is 29.2 Å². The zero-order chi connectivity index (χ0) is 24.1. The van der Waals surface area contributed by atoms with Crippen molar-refractivity contribution >= 4 is 22.7 Å². The molecule has 1 aromatic carbocycles. The predicted octanol–water partition coefficient (Wildman–Crippen LogP) is 5.27. The van der Waals surface area contributed by atoms with E-state index in [0.717, 1.165) is 37.3 Å². The van der Waals surface area contributed by atoms with Crippen LogP contribution in [-0.2, 0) is 4.79 Å². The molecule has 35 heavy (non-hydrogen) atoms. The summed E-state index contributed by atoms with van der Waals surface area (Å²) in [4.78, 5) is 28.5. The Morgan fingerprint density at radius 3 is 2.63 bits per heavy atom. The average molecular weight is 475 g/mol. The minimum absolute atomic E-state index is 0.147. The number of carbonyl (C=O) groups is 1. The zero-order valence-corrected chi connectivity index (χ0v) is 18.7. The summed E-state index contributed by atoms with van der Waals surface area (Å²) in [6.45, 7) is 0. The fourth-order valence-electron chi connectivity index (χ4n) is 5.83. The Bertz CT molecular complexity index is 1420. The number of aromatic amines is 1. The number of aliphatic carboxylic acids is 1. The molecule has 7 rings (SSSR count).